The first kappa shape index (κ1) is 26.5. The Balaban J connectivity index is 1.65. The summed E-state index contributed by atoms with van der Waals surface area (Å²) in [4.78, 5) is 24.8. The van der Waals surface area contributed by atoms with Crippen LogP contribution in [0.5, 0.6) is 0 Å². The highest BCUT2D eigenvalue weighted by Gasteiger charge is 2.40. The molecule has 1 aliphatic rings. The largest absolute Gasteiger partial charge is 0.416 e. The number of sulfone groups is 1. The van der Waals surface area contributed by atoms with E-state index in [-0.39, 0.29) is 24.2 Å². The van der Waals surface area contributed by atoms with Crippen LogP contribution in [0.2, 0.25) is 0 Å². The highest BCUT2D eigenvalue weighted by Crippen LogP contribution is 2.34. The minimum Gasteiger partial charge on any atom is -0.326 e. The maximum Gasteiger partial charge on any atom is 0.416 e. The topological polar surface area (TPSA) is 92.3 Å². The van der Waals surface area contributed by atoms with Crippen molar-refractivity contribution in [3.05, 3.63) is 59.7 Å². The van der Waals surface area contributed by atoms with Gasteiger partial charge < -0.3 is 10.6 Å². The molecule has 2 N–H and O–H groups in total. The van der Waals surface area contributed by atoms with E-state index in [0.29, 0.717) is 0 Å². The Bertz CT molecular complexity index is 1120. The highest BCUT2D eigenvalue weighted by molar-refractivity contribution is 7.91. The Morgan fingerprint density at radius 1 is 0.743 bits per heavy atom. The van der Waals surface area contributed by atoms with Crippen LogP contribution in [-0.4, -0.2) is 31.7 Å². The zero-order valence-corrected chi connectivity index (χ0v) is 18.7. The number of halogens is 6. The van der Waals surface area contributed by atoms with Crippen molar-refractivity contribution in [1.82, 2.24) is 0 Å². The number of hydrogen-bond acceptors (Lipinski definition) is 4. The van der Waals surface area contributed by atoms with Crippen molar-refractivity contribution >= 4 is 33.0 Å². The molecule has 0 radical (unpaired) electrons. The fourth-order valence-electron chi connectivity index (χ4n) is 3.89. The molecule has 1 saturated heterocycles. The van der Waals surface area contributed by atoms with Crippen LogP contribution in [0.4, 0.5) is 37.7 Å². The molecule has 0 saturated carbocycles. The lowest BCUT2D eigenvalue weighted by atomic mass is 9.89. The van der Waals surface area contributed by atoms with Gasteiger partial charge in [0, 0.05) is 24.2 Å². The summed E-state index contributed by atoms with van der Waals surface area (Å²) in [6.07, 6.45) is -9.95. The average Bonchev–Trinajstić information content (AvgIpc) is 2.99. The van der Waals surface area contributed by atoms with Crippen molar-refractivity contribution < 1.29 is 44.3 Å². The molecule has 1 fully saturated rings. The minimum absolute atomic E-state index is 0.121. The van der Waals surface area contributed by atoms with E-state index in [4.69, 9.17) is 0 Å². The molecule has 35 heavy (non-hydrogen) atoms. The van der Waals surface area contributed by atoms with Crippen LogP contribution in [-0.2, 0) is 31.8 Å². The molecule has 13 heteroatoms. The molecule has 6 nitrogen and oxygen atoms in total. The number of nitrogens with one attached hydrogen (secondary N) is 2. The Hall–Kier alpha value is -3.09. The van der Waals surface area contributed by atoms with E-state index in [1.807, 2.05) is 0 Å². The van der Waals surface area contributed by atoms with E-state index >= 15 is 0 Å². The number of carbonyl (C=O) groups is 2. The van der Waals surface area contributed by atoms with Crippen molar-refractivity contribution in [3.63, 3.8) is 0 Å². The van der Waals surface area contributed by atoms with Gasteiger partial charge in [0.15, 0.2) is 9.84 Å². The summed E-state index contributed by atoms with van der Waals surface area (Å²) in [5.41, 5.74) is -2.18. The van der Waals surface area contributed by atoms with Gasteiger partial charge in [-0.15, -0.1) is 0 Å². The van der Waals surface area contributed by atoms with Crippen molar-refractivity contribution in [2.75, 3.05) is 22.1 Å². The Morgan fingerprint density at radius 3 is 1.46 bits per heavy atom. The first-order chi connectivity index (χ1) is 16.1. The van der Waals surface area contributed by atoms with E-state index in [0.717, 1.165) is 36.4 Å². The molecule has 1 aliphatic heterocycles. The van der Waals surface area contributed by atoms with Gasteiger partial charge in [0.2, 0.25) is 11.8 Å². The van der Waals surface area contributed by atoms with Gasteiger partial charge in [0.1, 0.15) is 0 Å². The van der Waals surface area contributed by atoms with Crippen LogP contribution in [0.3, 0.4) is 0 Å². The lowest BCUT2D eigenvalue weighted by molar-refractivity contribution is -0.138. The number of amides is 2. The Kier molecular flexibility index (Phi) is 7.48. The van der Waals surface area contributed by atoms with E-state index < -0.39 is 68.5 Å². The number of alkyl halides is 6. The van der Waals surface area contributed by atoms with E-state index in [1.165, 1.54) is 12.1 Å². The summed E-state index contributed by atoms with van der Waals surface area (Å²) in [6, 6.07) is 7.86. The first-order valence-corrected chi connectivity index (χ1v) is 12.1. The number of carbonyl (C=O) groups excluding carboxylic acids is 2. The summed E-state index contributed by atoms with van der Waals surface area (Å²) < 4.78 is 101. The van der Waals surface area contributed by atoms with Crippen LogP contribution in [0.15, 0.2) is 48.5 Å². The number of anilines is 2. The van der Waals surface area contributed by atoms with Gasteiger partial charge in [-0.05, 0) is 48.2 Å². The van der Waals surface area contributed by atoms with Crippen LogP contribution in [0.25, 0.3) is 0 Å². The normalized spacial score (nSPS) is 19.8. The van der Waals surface area contributed by atoms with Gasteiger partial charge in [-0.3, -0.25) is 9.59 Å². The van der Waals surface area contributed by atoms with Crippen molar-refractivity contribution in [1.29, 1.82) is 0 Å². The predicted octanol–water partition coefficient (Wildman–Crippen LogP) is 4.74. The summed E-state index contributed by atoms with van der Waals surface area (Å²) in [6.45, 7) is 0. The fraction of sp³-hybridized carbons (Fsp3) is 0.364. The SMILES string of the molecule is O=C(C[C@@H]1CS(=O)(=O)C[C@H]1CC(=O)Nc1cccc(C(F)(F)F)c1)Nc1cccc(C(F)(F)F)c1. The lowest BCUT2D eigenvalue weighted by Crippen LogP contribution is -2.25. The standard InChI is InChI=1S/C22H20F6N2O4S/c23-21(24,25)15-3-1-5-17(9-15)29-19(31)7-13-11-35(33,34)12-14(13)8-20(32)30-18-6-2-4-16(10-18)22(26,27)28/h1-6,9-10,13-14H,7-8,11-12H2,(H,29,31)(H,30,32)/t13-,14-/m1/s1. The van der Waals surface area contributed by atoms with E-state index in [9.17, 15) is 44.3 Å². The van der Waals surface area contributed by atoms with Gasteiger partial charge >= 0.3 is 12.4 Å². The maximum atomic E-state index is 12.9. The third-order valence-corrected chi connectivity index (χ3v) is 7.32. The second-order valence-electron chi connectivity index (χ2n) is 8.26. The highest BCUT2D eigenvalue weighted by atomic mass is 32.2. The summed E-state index contributed by atoms with van der Waals surface area (Å²) in [7, 11) is -3.59. The van der Waals surface area contributed by atoms with Crippen LogP contribution in [0, 0.1) is 11.8 Å². The summed E-state index contributed by atoms with van der Waals surface area (Å²) >= 11 is 0. The molecular formula is C22H20F6N2O4S. The number of hydrogen-bond donors (Lipinski definition) is 2. The quantitative estimate of drug-likeness (QED) is 0.536. The minimum atomic E-state index is -4.61. The summed E-state index contributed by atoms with van der Waals surface area (Å²) in [5, 5.41) is 4.60. The maximum absolute atomic E-state index is 12.9. The molecule has 0 bridgehead atoms. The lowest BCUT2D eigenvalue weighted by Gasteiger charge is -2.18. The Labute approximate surface area is 196 Å². The second-order valence-corrected chi connectivity index (χ2v) is 10.4. The van der Waals surface area contributed by atoms with Crippen molar-refractivity contribution in [3.8, 4) is 0 Å². The fourth-order valence-corrected chi connectivity index (χ4v) is 6.11. The predicted molar refractivity (Wildman–Crippen MR) is 115 cm³/mol. The third-order valence-electron chi connectivity index (χ3n) is 5.45. The molecule has 0 unspecified atom stereocenters. The number of rotatable bonds is 6. The van der Waals surface area contributed by atoms with Crippen molar-refractivity contribution in [2.24, 2.45) is 11.8 Å². The van der Waals surface area contributed by atoms with Gasteiger partial charge in [-0.25, -0.2) is 8.42 Å². The molecular weight excluding hydrogens is 502 g/mol. The molecule has 0 aromatic heterocycles. The number of benzene rings is 2. The average molecular weight is 522 g/mol. The van der Waals surface area contributed by atoms with E-state index in [1.54, 1.807) is 0 Å². The molecule has 1 heterocycles. The molecule has 2 amide bonds. The van der Waals surface area contributed by atoms with Gasteiger partial charge in [0.05, 0.1) is 22.6 Å². The molecule has 2 aromatic rings. The van der Waals surface area contributed by atoms with Crippen LogP contribution >= 0.6 is 0 Å². The van der Waals surface area contributed by atoms with Crippen LogP contribution in [0.1, 0.15) is 24.0 Å². The van der Waals surface area contributed by atoms with Crippen molar-refractivity contribution in [2.45, 2.75) is 25.2 Å². The summed E-state index contributed by atoms with van der Waals surface area (Å²) in [5.74, 6) is -3.84. The van der Waals surface area contributed by atoms with E-state index in [2.05, 4.69) is 10.6 Å². The first-order valence-electron chi connectivity index (χ1n) is 10.3. The molecule has 3 rings (SSSR count). The molecule has 2 atom stereocenters. The second kappa shape index (κ2) is 9.88. The van der Waals surface area contributed by atoms with Gasteiger partial charge in [-0.2, -0.15) is 26.3 Å². The zero-order chi connectivity index (χ0) is 26.0. The monoisotopic (exact) mass is 522 g/mol. The molecule has 0 aliphatic carbocycles. The third kappa shape index (κ3) is 7.44. The molecule has 2 aromatic carbocycles. The molecule has 190 valence electrons. The Morgan fingerprint density at radius 2 is 1.11 bits per heavy atom. The molecule has 0 spiro atoms. The van der Waals surface area contributed by atoms with Crippen LogP contribution < -0.4 is 10.6 Å². The smallest absolute Gasteiger partial charge is 0.326 e. The zero-order valence-electron chi connectivity index (χ0n) is 17.9. The van der Waals surface area contributed by atoms with Gasteiger partial charge in [0.25, 0.3) is 0 Å². The van der Waals surface area contributed by atoms with Gasteiger partial charge in [-0.1, -0.05) is 12.1 Å².